The molecular formula is C26H33FN6O. The van der Waals surface area contributed by atoms with Crippen LogP contribution in [0, 0.1) is 11.7 Å². The number of pyridine rings is 1. The van der Waals surface area contributed by atoms with Crippen molar-refractivity contribution in [3.8, 4) is 17.0 Å². The molecule has 2 aromatic heterocycles. The Morgan fingerprint density at radius 2 is 1.91 bits per heavy atom. The van der Waals surface area contributed by atoms with Crippen LogP contribution in [0.3, 0.4) is 0 Å². The van der Waals surface area contributed by atoms with Crippen LogP contribution in [-0.2, 0) is 0 Å². The van der Waals surface area contributed by atoms with E-state index in [4.69, 9.17) is 4.74 Å². The quantitative estimate of drug-likeness (QED) is 0.578. The second-order valence-electron chi connectivity index (χ2n) is 10.3. The minimum atomic E-state index is -0.355. The SMILES string of the molecule is CC1(Oc2ccc3[nH]nc(-c4cc(N5CCC(CN6CCNCC6)CC5)ncc4F)c3c2)CC1. The molecule has 0 bridgehead atoms. The fourth-order valence-electron chi connectivity index (χ4n) is 5.21. The summed E-state index contributed by atoms with van der Waals surface area (Å²) in [6.45, 7) is 9.68. The third-order valence-electron chi connectivity index (χ3n) is 7.61. The van der Waals surface area contributed by atoms with E-state index >= 15 is 0 Å². The molecule has 1 aliphatic carbocycles. The van der Waals surface area contributed by atoms with Gasteiger partial charge in [0.05, 0.1) is 11.7 Å². The van der Waals surface area contributed by atoms with Crippen molar-refractivity contribution in [3.05, 3.63) is 36.3 Å². The molecule has 2 saturated heterocycles. The minimum absolute atomic E-state index is 0.0658. The number of piperazine rings is 1. The fourth-order valence-corrected chi connectivity index (χ4v) is 5.21. The molecule has 0 atom stereocenters. The fraction of sp³-hybridized carbons (Fsp3) is 0.538. The maximum Gasteiger partial charge on any atom is 0.151 e. The van der Waals surface area contributed by atoms with Gasteiger partial charge in [-0.15, -0.1) is 0 Å². The van der Waals surface area contributed by atoms with Gasteiger partial charge in [-0.25, -0.2) is 9.37 Å². The third-order valence-corrected chi connectivity index (χ3v) is 7.61. The molecule has 2 aliphatic heterocycles. The van der Waals surface area contributed by atoms with E-state index in [2.05, 4.69) is 37.2 Å². The zero-order valence-electron chi connectivity index (χ0n) is 19.8. The number of aromatic amines is 1. The molecule has 3 fully saturated rings. The van der Waals surface area contributed by atoms with Crippen molar-refractivity contribution in [1.82, 2.24) is 25.4 Å². The molecule has 6 rings (SSSR count). The highest BCUT2D eigenvalue weighted by atomic mass is 19.1. The second kappa shape index (κ2) is 8.82. The van der Waals surface area contributed by atoms with E-state index in [1.165, 1.54) is 12.7 Å². The number of ether oxygens (including phenoxy) is 1. The summed E-state index contributed by atoms with van der Waals surface area (Å²) in [6.07, 6.45) is 5.75. The van der Waals surface area contributed by atoms with Gasteiger partial charge in [0, 0.05) is 56.8 Å². The van der Waals surface area contributed by atoms with Crippen molar-refractivity contribution in [1.29, 1.82) is 0 Å². The summed E-state index contributed by atoms with van der Waals surface area (Å²) >= 11 is 0. The molecule has 180 valence electrons. The monoisotopic (exact) mass is 464 g/mol. The van der Waals surface area contributed by atoms with Gasteiger partial charge in [-0.1, -0.05) is 0 Å². The normalized spacial score (nSPS) is 21.2. The summed E-state index contributed by atoms with van der Waals surface area (Å²) in [6, 6.07) is 7.74. The maximum atomic E-state index is 15.0. The molecular weight excluding hydrogens is 431 g/mol. The molecule has 3 aliphatic rings. The summed E-state index contributed by atoms with van der Waals surface area (Å²) in [7, 11) is 0. The number of H-pyrrole nitrogens is 1. The van der Waals surface area contributed by atoms with Gasteiger partial charge in [0.15, 0.2) is 5.82 Å². The van der Waals surface area contributed by atoms with Crippen molar-refractivity contribution in [2.24, 2.45) is 5.92 Å². The first-order valence-corrected chi connectivity index (χ1v) is 12.6. The zero-order chi connectivity index (χ0) is 23.1. The predicted octanol–water partition coefficient (Wildman–Crippen LogP) is 3.82. The van der Waals surface area contributed by atoms with Gasteiger partial charge in [0.1, 0.15) is 22.9 Å². The molecule has 4 heterocycles. The first-order valence-electron chi connectivity index (χ1n) is 12.6. The number of anilines is 1. The molecule has 1 aromatic carbocycles. The van der Waals surface area contributed by atoms with E-state index in [-0.39, 0.29) is 11.4 Å². The Kier molecular flexibility index (Phi) is 5.65. The molecule has 0 spiro atoms. The number of fused-ring (bicyclic) bond motifs is 1. The lowest BCUT2D eigenvalue weighted by Gasteiger charge is -2.36. The number of aromatic nitrogens is 3. The molecule has 3 aromatic rings. The standard InChI is InChI=1S/C26H33FN6O/c1-26(6-7-26)34-19-2-3-23-21(14-19)25(31-30-23)20-15-24(29-16-22(20)27)33-10-4-18(5-11-33)17-32-12-8-28-9-13-32/h2-3,14-16,18,28H,4-13,17H2,1H3,(H,30,31). The van der Waals surface area contributed by atoms with Gasteiger partial charge < -0.3 is 19.9 Å². The lowest BCUT2D eigenvalue weighted by atomic mass is 9.95. The van der Waals surface area contributed by atoms with Crippen molar-refractivity contribution in [3.63, 3.8) is 0 Å². The third kappa shape index (κ3) is 4.49. The predicted molar refractivity (Wildman–Crippen MR) is 132 cm³/mol. The highest BCUT2D eigenvalue weighted by molar-refractivity contribution is 5.94. The average Bonchev–Trinajstić information content (AvgIpc) is 3.43. The van der Waals surface area contributed by atoms with Crippen LogP contribution in [0.25, 0.3) is 22.2 Å². The van der Waals surface area contributed by atoms with Gasteiger partial charge in [-0.05, 0) is 62.8 Å². The highest BCUT2D eigenvalue weighted by Gasteiger charge is 2.40. The molecule has 2 N–H and O–H groups in total. The number of nitrogens with zero attached hydrogens (tertiary/aromatic N) is 4. The Morgan fingerprint density at radius 1 is 1.12 bits per heavy atom. The van der Waals surface area contributed by atoms with Crippen molar-refractivity contribution in [2.75, 3.05) is 50.7 Å². The number of hydrogen-bond acceptors (Lipinski definition) is 6. The van der Waals surface area contributed by atoms with Crippen LogP contribution in [0.5, 0.6) is 5.75 Å². The Balaban J connectivity index is 1.19. The van der Waals surface area contributed by atoms with Crippen molar-refractivity contribution < 1.29 is 9.13 Å². The lowest BCUT2D eigenvalue weighted by molar-refractivity contribution is 0.190. The number of hydrogen-bond donors (Lipinski definition) is 2. The minimum Gasteiger partial charge on any atom is -0.488 e. The first-order chi connectivity index (χ1) is 16.6. The van der Waals surface area contributed by atoms with Gasteiger partial charge in [0.25, 0.3) is 0 Å². The number of halogens is 1. The molecule has 0 unspecified atom stereocenters. The van der Waals surface area contributed by atoms with E-state index in [0.717, 1.165) is 93.3 Å². The Hall–Kier alpha value is -2.71. The van der Waals surface area contributed by atoms with E-state index in [0.29, 0.717) is 11.3 Å². The first kappa shape index (κ1) is 21.8. The summed E-state index contributed by atoms with van der Waals surface area (Å²) in [5, 5.41) is 11.8. The second-order valence-corrected chi connectivity index (χ2v) is 10.3. The van der Waals surface area contributed by atoms with Gasteiger partial charge in [-0.3, -0.25) is 5.10 Å². The van der Waals surface area contributed by atoms with Crippen LogP contribution in [-0.4, -0.2) is 71.5 Å². The van der Waals surface area contributed by atoms with E-state index < -0.39 is 0 Å². The topological polar surface area (TPSA) is 69.3 Å². The van der Waals surface area contributed by atoms with Gasteiger partial charge in [0.2, 0.25) is 0 Å². The lowest BCUT2D eigenvalue weighted by Crippen LogP contribution is -2.47. The Bertz CT molecular complexity index is 1160. The van der Waals surface area contributed by atoms with Crippen LogP contribution in [0.1, 0.15) is 32.6 Å². The van der Waals surface area contributed by atoms with Gasteiger partial charge >= 0.3 is 0 Å². The summed E-state index contributed by atoms with van der Waals surface area (Å²) in [5.74, 6) is 1.99. The molecule has 8 heteroatoms. The molecule has 1 saturated carbocycles. The average molecular weight is 465 g/mol. The van der Waals surface area contributed by atoms with Crippen molar-refractivity contribution >= 4 is 16.7 Å². The summed E-state index contributed by atoms with van der Waals surface area (Å²) < 4.78 is 21.1. The smallest absolute Gasteiger partial charge is 0.151 e. The van der Waals surface area contributed by atoms with Crippen LogP contribution in [0.15, 0.2) is 30.5 Å². The molecule has 34 heavy (non-hydrogen) atoms. The number of nitrogens with one attached hydrogen (secondary N) is 2. The van der Waals surface area contributed by atoms with E-state index in [1.54, 1.807) is 0 Å². The van der Waals surface area contributed by atoms with Crippen LogP contribution in [0.4, 0.5) is 10.2 Å². The molecule has 0 amide bonds. The summed E-state index contributed by atoms with van der Waals surface area (Å²) in [5.41, 5.74) is 1.89. The van der Waals surface area contributed by atoms with E-state index in [9.17, 15) is 4.39 Å². The molecule has 7 nitrogen and oxygen atoms in total. The Morgan fingerprint density at radius 3 is 2.68 bits per heavy atom. The number of piperidine rings is 1. The Labute approximate surface area is 199 Å². The number of benzene rings is 1. The van der Waals surface area contributed by atoms with Crippen LogP contribution in [0.2, 0.25) is 0 Å². The van der Waals surface area contributed by atoms with Crippen LogP contribution < -0.4 is 15.0 Å². The maximum absolute atomic E-state index is 15.0. The van der Waals surface area contributed by atoms with Crippen LogP contribution >= 0.6 is 0 Å². The highest BCUT2D eigenvalue weighted by Crippen LogP contribution is 2.41. The van der Waals surface area contributed by atoms with Crippen molar-refractivity contribution in [2.45, 2.75) is 38.2 Å². The summed E-state index contributed by atoms with van der Waals surface area (Å²) in [4.78, 5) is 9.30. The number of rotatable bonds is 6. The molecule has 0 radical (unpaired) electrons. The van der Waals surface area contributed by atoms with E-state index in [1.807, 2.05) is 24.3 Å². The van der Waals surface area contributed by atoms with Gasteiger partial charge in [-0.2, -0.15) is 5.10 Å². The largest absolute Gasteiger partial charge is 0.488 e. The zero-order valence-corrected chi connectivity index (χ0v) is 19.8.